The second kappa shape index (κ2) is 7.00. The van der Waals surface area contributed by atoms with E-state index in [0.29, 0.717) is 6.54 Å². The van der Waals surface area contributed by atoms with E-state index in [9.17, 15) is 13.6 Å². The number of carbonyl (C=O) groups is 1. The zero-order chi connectivity index (χ0) is 16.9. The summed E-state index contributed by atoms with van der Waals surface area (Å²) in [5, 5.41) is 4.23. The molecule has 5 heteroatoms. The van der Waals surface area contributed by atoms with E-state index in [1.807, 2.05) is 36.5 Å². The number of nitrogens with zero attached hydrogens (tertiary/aromatic N) is 2. The molecule has 3 aromatic rings. The van der Waals surface area contributed by atoms with E-state index in [1.54, 1.807) is 17.0 Å². The van der Waals surface area contributed by atoms with Crippen LogP contribution in [-0.4, -0.2) is 15.6 Å². The Morgan fingerprint density at radius 2 is 1.88 bits per heavy atom. The van der Waals surface area contributed by atoms with Crippen LogP contribution in [0.1, 0.15) is 21.5 Å². The first kappa shape index (κ1) is 15.8. The molecule has 24 heavy (non-hydrogen) atoms. The molecule has 120 valence electrons. The summed E-state index contributed by atoms with van der Waals surface area (Å²) >= 11 is 0. The topological polar surface area (TPSA) is 34.9 Å². The van der Waals surface area contributed by atoms with Crippen LogP contribution in [0.4, 0.5) is 8.78 Å². The number of carbonyl (C=O) groups excluding carboxylic acids is 1. The van der Waals surface area contributed by atoms with Crippen molar-refractivity contribution in [1.29, 1.82) is 0 Å². The molecule has 0 aliphatic heterocycles. The van der Waals surface area contributed by atoms with Crippen LogP contribution < -0.4 is 0 Å². The summed E-state index contributed by atoms with van der Waals surface area (Å²) in [6.07, 6.45) is 6.36. The van der Waals surface area contributed by atoms with Crippen molar-refractivity contribution >= 4 is 11.9 Å². The van der Waals surface area contributed by atoms with Crippen LogP contribution in [0.5, 0.6) is 0 Å². The largest absolute Gasteiger partial charge is 0.289 e. The number of halogens is 2. The standard InChI is InChI=1S/C19H14F2N2O/c20-17-8-7-16(10-18(17)21)19(24)9-6-15-11-22-23(13-15)12-14-4-2-1-3-5-14/h1-11,13H,12H2/b9-6+. The maximum absolute atomic E-state index is 13.1. The molecule has 3 rings (SSSR count). The lowest BCUT2D eigenvalue weighted by Crippen LogP contribution is -1.99. The van der Waals surface area contributed by atoms with E-state index in [-0.39, 0.29) is 5.56 Å². The molecule has 0 spiro atoms. The molecule has 0 bridgehead atoms. The summed E-state index contributed by atoms with van der Waals surface area (Å²) in [6, 6.07) is 13.0. The molecule has 0 radical (unpaired) electrons. The Hall–Kier alpha value is -3.08. The quantitative estimate of drug-likeness (QED) is 0.523. The van der Waals surface area contributed by atoms with E-state index < -0.39 is 17.4 Å². The molecule has 0 atom stereocenters. The highest BCUT2D eigenvalue weighted by Crippen LogP contribution is 2.11. The Morgan fingerprint density at radius 3 is 2.62 bits per heavy atom. The lowest BCUT2D eigenvalue weighted by atomic mass is 10.1. The predicted octanol–water partition coefficient (Wildman–Crippen LogP) is 4.11. The summed E-state index contributed by atoms with van der Waals surface area (Å²) in [5.74, 6) is -2.41. The SMILES string of the molecule is O=C(/C=C/c1cnn(Cc2ccccc2)c1)c1ccc(F)c(F)c1. The third-order valence-electron chi connectivity index (χ3n) is 3.47. The third-order valence-corrected chi connectivity index (χ3v) is 3.47. The highest BCUT2D eigenvalue weighted by molar-refractivity contribution is 6.06. The fraction of sp³-hybridized carbons (Fsp3) is 0.0526. The maximum Gasteiger partial charge on any atom is 0.185 e. The minimum Gasteiger partial charge on any atom is -0.289 e. The van der Waals surface area contributed by atoms with Crippen LogP contribution in [0.25, 0.3) is 6.08 Å². The van der Waals surface area contributed by atoms with Crippen LogP contribution in [0, 0.1) is 11.6 Å². The molecular weight excluding hydrogens is 310 g/mol. The van der Waals surface area contributed by atoms with Gasteiger partial charge in [-0.15, -0.1) is 0 Å². The van der Waals surface area contributed by atoms with Gasteiger partial charge in [0.05, 0.1) is 12.7 Å². The van der Waals surface area contributed by atoms with Crippen LogP contribution in [0.15, 0.2) is 67.0 Å². The van der Waals surface area contributed by atoms with Gasteiger partial charge in [0.15, 0.2) is 17.4 Å². The van der Waals surface area contributed by atoms with Crippen molar-refractivity contribution in [2.75, 3.05) is 0 Å². The Balaban J connectivity index is 1.68. The van der Waals surface area contributed by atoms with E-state index in [0.717, 1.165) is 23.3 Å². The lowest BCUT2D eigenvalue weighted by Gasteiger charge is -2.00. The first-order chi connectivity index (χ1) is 11.6. The molecule has 0 unspecified atom stereocenters. The van der Waals surface area contributed by atoms with Crippen molar-refractivity contribution in [3.8, 4) is 0 Å². The van der Waals surface area contributed by atoms with Gasteiger partial charge in [-0.25, -0.2) is 8.78 Å². The van der Waals surface area contributed by atoms with Crippen LogP contribution >= 0.6 is 0 Å². The second-order valence-corrected chi connectivity index (χ2v) is 5.28. The van der Waals surface area contributed by atoms with Crippen molar-refractivity contribution in [3.05, 3.63) is 95.3 Å². The van der Waals surface area contributed by atoms with Crippen molar-refractivity contribution < 1.29 is 13.6 Å². The predicted molar refractivity (Wildman–Crippen MR) is 87.5 cm³/mol. The van der Waals surface area contributed by atoms with Crippen LogP contribution in [0.2, 0.25) is 0 Å². The summed E-state index contributed by atoms with van der Waals surface area (Å²) in [4.78, 5) is 12.0. The fourth-order valence-corrected chi connectivity index (χ4v) is 2.24. The normalized spacial score (nSPS) is 11.1. The van der Waals surface area contributed by atoms with Gasteiger partial charge in [0.25, 0.3) is 0 Å². The van der Waals surface area contributed by atoms with Crippen molar-refractivity contribution in [2.24, 2.45) is 0 Å². The molecule has 2 aromatic carbocycles. The molecule has 1 heterocycles. The van der Waals surface area contributed by atoms with Crippen molar-refractivity contribution in [2.45, 2.75) is 6.54 Å². The Bertz CT molecular complexity index is 885. The van der Waals surface area contributed by atoms with Crippen LogP contribution in [0.3, 0.4) is 0 Å². The zero-order valence-electron chi connectivity index (χ0n) is 12.7. The Morgan fingerprint density at radius 1 is 1.08 bits per heavy atom. The minimum atomic E-state index is -1.04. The summed E-state index contributed by atoms with van der Waals surface area (Å²) in [7, 11) is 0. The number of hydrogen-bond donors (Lipinski definition) is 0. The molecule has 3 nitrogen and oxygen atoms in total. The van der Waals surface area contributed by atoms with Gasteiger partial charge in [0.2, 0.25) is 0 Å². The molecule has 0 amide bonds. The van der Waals surface area contributed by atoms with Gasteiger partial charge in [0.1, 0.15) is 0 Å². The van der Waals surface area contributed by atoms with Crippen molar-refractivity contribution in [1.82, 2.24) is 9.78 Å². The number of ketones is 1. The molecule has 0 saturated heterocycles. The molecular formula is C19H14F2N2O. The Labute approximate surface area is 137 Å². The molecule has 0 aliphatic carbocycles. The Kier molecular flexibility index (Phi) is 4.61. The average molecular weight is 324 g/mol. The molecule has 0 N–H and O–H groups in total. The second-order valence-electron chi connectivity index (χ2n) is 5.28. The summed E-state index contributed by atoms with van der Waals surface area (Å²) in [6.45, 7) is 0.631. The van der Waals surface area contributed by atoms with E-state index in [2.05, 4.69) is 5.10 Å². The number of hydrogen-bond acceptors (Lipinski definition) is 2. The fourth-order valence-electron chi connectivity index (χ4n) is 2.24. The average Bonchev–Trinajstić information content (AvgIpc) is 3.03. The van der Waals surface area contributed by atoms with Gasteiger partial charge in [-0.2, -0.15) is 5.10 Å². The number of benzene rings is 2. The van der Waals surface area contributed by atoms with E-state index in [1.165, 1.54) is 12.1 Å². The highest BCUT2D eigenvalue weighted by Gasteiger charge is 2.07. The summed E-state index contributed by atoms with van der Waals surface area (Å²) < 4.78 is 27.8. The molecule has 0 fully saturated rings. The highest BCUT2D eigenvalue weighted by atomic mass is 19.2. The number of rotatable bonds is 5. The van der Waals surface area contributed by atoms with Gasteiger partial charge in [-0.1, -0.05) is 30.3 Å². The first-order valence-electron chi connectivity index (χ1n) is 7.36. The lowest BCUT2D eigenvalue weighted by molar-refractivity contribution is 0.104. The smallest absolute Gasteiger partial charge is 0.185 e. The van der Waals surface area contributed by atoms with E-state index in [4.69, 9.17) is 0 Å². The first-order valence-corrected chi connectivity index (χ1v) is 7.36. The van der Waals surface area contributed by atoms with E-state index >= 15 is 0 Å². The monoisotopic (exact) mass is 324 g/mol. The van der Waals surface area contributed by atoms with Gasteiger partial charge in [0, 0.05) is 17.3 Å². The van der Waals surface area contributed by atoms with Gasteiger partial charge >= 0.3 is 0 Å². The minimum absolute atomic E-state index is 0.0989. The van der Waals surface area contributed by atoms with Crippen LogP contribution in [-0.2, 0) is 6.54 Å². The number of allylic oxidation sites excluding steroid dienone is 1. The van der Waals surface area contributed by atoms with Gasteiger partial charge in [-0.3, -0.25) is 9.48 Å². The van der Waals surface area contributed by atoms with Gasteiger partial charge < -0.3 is 0 Å². The zero-order valence-corrected chi connectivity index (χ0v) is 12.7. The van der Waals surface area contributed by atoms with Crippen molar-refractivity contribution in [3.63, 3.8) is 0 Å². The summed E-state index contributed by atoms with van der Waals surface area (Å²) in [5.41, 5.74) is 1.97. The third kappa shape index (κ3) is 3.81. The molecule has 0 saturated carbocycles. The van der Waals surface area contributed by atoms with Gasteiger partial charge in [-0.05, 0) is 35.9 Å². The maximum atomic E-state index is 13.1. The number of aromatic nitrogens is 2. The molecule has 0 aliphatic rings. The molecule has 1 aromatic heterocycles.